The van der Waals surface area contributed by atoms with Crippen LogP contribution in [0.4, 0.5) is 15.8 Å². The van der Waals surface area contributed by atoms with Gasteiger partial charge in [-0.2, -0.15) is 0 Å². The Morgan fingerprint density at radius 3 is 1.87 bits per heavy atom. The highest BCUT2D eigenvalue weighted by atomic mass is 19.1. The third kappa shape index (κ3) is 5.29. The summed E-state index contributed by atoms with van der Waals surface area (Å²) in [5, 5.41) is 0.947. The Bertz CT molecular complexity index is 1100. The van der Waals surface area contributed by atoms with E-state index in [9.17, 15) is 4.39 Å². The first-order valence-electron chi connectivity index (χ1n) is 9.05. The van der Waals surface area contributed by atoms with Crippen LogP contribution in [0.1, 0.15) is 0 Å². The fourth-order valence-corrected chi connectivity index (χ4v) is 2.61. The minimum Gasteiger partial charge on any atom is -0.493 e. The molecule has 0 amide bonds. The number of pyridine rings is 1. The molecule has 4 rings (SSSR count). The smallest absolute Gasteiger partial charge is 0.219 e. The maximum absolute atomic E-state index is 12.0. The van der Waals surface area contributed by atoms with E-state index in [1.54, 1.807) is 38.5 Å². The van der Waals surface area contributed by atoms with Crippen LogP contribution in [-0.4, -0.2) is 19.2 Å². The number of anilines is 2. The summed E-state index contributed by atoms with van der Waals surface area (Å²) in [5.41, 5.74) is 13.0. The molecule has 1 aromatic heterocycles. The SMILES string of the molecule is COc1cc2ccc(Oc3ccc(N)cc3)nc2cc1OC.Nc1ccc(F)cc1. The van der Waals surface area contributed by atoms with Crippen molar-refractivity contribution in [3.63, 3.8) is 0 Å². The second-order valence-corrected chi connectivity index (χ2v) is 6.27. The lowest BCUT2D eigenvalue weighted by atomic mass is 10.2. The first-order valence-corrected chi connectivity index (χ1v) is 9.05. The summed E-state index contributed by atoms with van der Waals surface area (Å²) in [4.78, 5) is 4.49. The molecule has 0 saturated heterocycles. The monoisotopic (exact) mass is 407 g/mol. The van der Waals surface area contributed by atoms with Crippen molar-refractivity contribution in [1.82, 2.24) is 4.98 Å². The Labute approximate surface area is 173 Å². The molecule has 4 aromatic rings. The molecule has 0 unspecified atom stereocenters. The van der Waals surface area contributed by atoms with E-state index in [-0.39, 0.29) is 5.82 Å². The second-order valence-electron chi connectivity index (χ2n) is 6.27. The zero-order valence-corrected chi connectivity index (χ0v) is 16.6. The van der Waals surface area contributed by atoms with Crippen molar-refractivity contribution in [3.05, 3.63) is 78.6 Å². The van der Waals surface area contributed by atoms with E-state index < -0.39 is 0 Å². The molecule has 1 heterocycles. The summed E-state index contributed by atoms with van der Waals surface area (Å²) in [5.74, 6) is 2.24. The van der Waals surface area contributed by atoms with Gasteiger partial charge < -0.3 is 25.7 Å². The average molecular weight is 407 g/mol. The number of nitrogens with two attached hydrogens (primary N) is 2. The maximum Gasteiger partial charge on any atom is 0.219 e. The highest BCUT2D eigenvalue weighted by Gasteiger charge is 2.08. The molecule has 0 bridgehead atoms. The Morgan fingerprint density at radius 2 is 1.30 bits per heavy atom. The van der Waals surface area contributed by atoms with Crippen molar-refractivity contribution < 1.29 is 18.6 Å². The van der Waals surface area contributed by atoms with Crippen LogP contribution in [0.3, 0.4) is 0 Å². The summed E-state index contributed by atoms with van der Waals surface area (Å²) >= 11 is 0. The van der Waals surface area contributed by atoms with Gasteiger partial charge >= 0.3 is 0 Å². The van der Waals surface area contributed by atoms with E-state index >= 15 is 0 Å². The number of methoxy groups -OCH3 is 2. The summed E-state index contributed by atoms with van der Waals surface area (Å²) in [7, 11) is 3.20. The van der Waals surface area contributed by atoms with Crippen LogP contribution in [0.25, 0.3) is 10.9 Å². The summed E-state index contributed by atoms with van der Waals surface area (Å²) in [6, 6.07) is 20.3. The van der Waals surface area contributed by atoms with Gasteiger partial charge in [-0.3, -0.25) is 0 Å². The molecule has 0 aliphatic rings. The predicted octanol–water partition coefficient (Wildman–Crippen LogP) is 5.03. The van der Waals surface area contributed by atoms with Gasteiger partial charge in [0, 0.05) is 28.9 Å². The van der Waals surface area contributed by atoms with Gasteiger partial charge in [-0.05, 0) is 60.7 Å². The number of hydrogen-bond acceptors (Lipinski definition) is 6. The number of ether oxygens (including phenoxy) is 3. The van der Waals surface area contributed by atoms with Crippen molar-refractivity contribution in [2.75, 3.05) is 25.7 Å². The molecule has 3 aromatic carbocycles. The van der Waals surface area contributed by atoms with Gasteiger partial charge in [0.15, 0.2) is 11.5 Å². The highest BCUT2D eigenvalue weighted by molar-refractivity contribution is 5.83. The minimum absolute atomic E-state index is 0.251. The van der Waals surface area contributed by atoms with Gasteiger partial charge in [0.1, 0.15) is 11.6 Å². The van der Waals surface area contributed by atoms with Crippen molar-refractivity contribution in [2.45, 2.75) is 0 Å². The van der Waals surface area contributed by atoms with E-state index in [4.69, 9.17) is 25.7 Å². The van der Waals surface area contributed by atoms with Crippen molar-refractivity contribution in [2.24, 2.45) is 0 Å². The van der Waals surface area contributed by atoms with E-state index in [2.05, 4.69) is 4.98 Å². The fourth-order valence-electron chi connectivity index (χ4n) is 2.61. The van der Waals surface area contributed by atoms with E-state index in [1.807, 2.05) is 24.3 Å². The zero-order valence-electron chi connectivity index (χ0n) is 16.6. The average Bonchev–Trinajstić information content (AvgIpc) is 2.77. The molecule has 30 heavy (non-hydrogen) atoms. The van der Waals surface area contributed by atoms with E-state index in [0.717, 1.165) is 10.9 Å². The van der Waals surface area contributed by atoms with Crippen LogP contribution in [0.5, 0.6) is 23.1 Å². The van der Waals surface area contributed by atoms with Gasteiger partial charge in [0.25, 0.3) is 0 Å². The number of hydrogen-bond donors (Lipinski definition) is 2. The maximum atomic E-state index is 12.0. The third-order valence-corrected chi connectivity index (χ3v) is 4.14. The number of nitrogens with zero attached hydrogens (tertiary/aromatic N) is 1. The standard InChI is InChI=1S/C17H16N2O3.C6H6FN/c1-20-15-9-11-3-8-17(19-14(11)10-16(15)21-2)22-13-6-4-12(18)5-7-13;7-5-1-3-6(8)4-2-5/h3-10H,18H2,1-2H3;1-4H,8H2. The Morgan fingerprint density at radius 1 is 0.733 bits per heavy atom. The number of halogens is 1. The topological polar surface area (TPSA) is 92.6 Å². The zero-order chi connectivity index (χ0) is 21.5. The largest absolute Gasteiger partial charge is 0.493 e. The highest BCUT2D eigenvalue weighted by Crippen LogP contribution is 2.32. The normalized spacial score (nSPS) is 10.1. The summed E-state index contributed by atoms with van der Waals surface area (Å²) < 4.78 is 28.3. The molecule has 0 fully saturated rings. The van der Waals surface area contributed by atoms with Crippen molar-refractivity contribution in [3.8, 4) is 23.1 Å². The van der Waals surface area contributed by atoms with Gasteiger partial charge in [0.05, 0.1) is 19.7 Å². The number of nitrogen functional groups attached to an aromatic ring is 2. The van der Waals surface area contributed by atoms with Crippen LogP contribution in [0.2, 0.25) is 0 Å². The fraction of sp³-hybridized carbons (Fsp3) is 0.0870. The summed E-state index contributed by atoms with van der Waals surface area (Å²) in [6.07, 6.45) is 0. The first kappa shape index (κ1) is 20.7. The molecular weight excluding hydrogens is 385 g/mol. The van der Waals surface area contributed by atoms with E-state index in [0.29, 0.717) is 34.5 Å². The van der Waals surface area contributed by atoms with Crippen LogP contribution in [0.15, 0.2) is 72.8 Å². The Balaban J connectivity index is 0.000000269. The second kappa shape index (κ2) is 9.47. The lowest BCUT2D eigenvalue weighted by molar-refractivity contribution is 0.355. The van der Waals surface area contributed by atoms with Crippen molar-refractivity contribution >= 4 is 22.3 Å². The lowest BCUT2D eigenvalue weighted by Crippen LogP contribution is -1.93. The molecule has 0 atom stereocenters. The van der Waals surface area contributed by atoms with Crippen LogP contribution < -0.4 is 25.7 Å². The molecule has 6 nitrogen and oxygen atoms in total. The number of benzene rings is 3. The first-order chi connectivity index (χ1) is 14.5. The quantitative estimate of drug-likeness (QED) is 0.461. The minimum atomic E-state index is -0.251. The van der Waals surface area contributed by atoms with Gasteiger partial charge in [-0.1, -0.05) is 0 Å². The van der Waals surface area contributed by atoms with Crippen molar-refractivity contribution in [1.29, 1.82) is 0 Å². The van der Waals surface area contributed by atoms with Gasteiger partial charge in [-0.25, -0.2) is 9.37 Å². The lowest BCUT2D eigenvalue weighted by Gasteiger charge is -2.10. The molecule has 7 heteroatoms. The number of rotatable bonds is 4. The molecule has 0 aliphatic heterocycles. The van der Waals surface area contributed by atoms with Gasteiger partial charge in [-0.15, -0.1) is 0 Å². The van der Waals surface area contributed by atoms with E-state index in [1.165, 1.54) is 24.3 Å². The number of fused-ring (bicyclic) bond motifs is 1. The molecule has 0 saturated carbocycles. The molecule has 0 spiro atoms. The molecule has 0 aliphatic carbocycles. The Hall–Kier alpha value is -4.00. The Kier molecular flexibility index (Phi) is 6.54. The molecule has 0 radical (unpaired) electrons. The van der Waals surface area contributed by atoms with Gasteiger partial charge in [0.2, 0.25) is 5.88 Å². The summed E-state index contributed by atoms with van der Waals surface area (Å²) in [6.45, 7) is 0. The number of aromatic nitrogens is 1. The van der Waals surface area contributed by atoms with Crippen LogP contribution in [-0.2, 0) is 0 Å². The molecule has 154 valence electrons. The van der Waals surface area contributed by atoms with Crippen LogP contribution in [0, 0.1) is 5.82 Å². The van der Waals surface area contributed by atoms with Crippen LogP contribution >= 0.6 is 0 Å². The third-order valence-electron chi connectivity index (χ3n) is 4.14. The molecule has 4 N–H and O–H groups in total. The molecular formula is C23H22FN3O3. The predicted molar refractivity (Wildman–Crippen MR) is 117 cm³/mol.